The highest BCUT2D eigenvalue weighted by atomic mass is 35.5. The smallest absolute Gasteiger partial charge is 0.422 e. The van der Waals surface area contributed by atoms with Gasteiger partial charge in [-0.1, -0.05) is 29.8 Å². The minimum absolute atomic E-state index is 0.0505. The third kappa shape index (κ3) is 11.4. The van der Waals surface area contributed by atoms with Crippen LogP contribution in [-0.2, 0) is 31.2 Å². The van der Waals surface area contributed by atoms with Gasteiger partial charge in [-0.2, -0.15) is 28.1 Å². The molecule has 1 atom stereocenters. The Morgan fingerprint density at radius 3 is 2.18 bits per heavy atom. The number of benzene rings is 3. The zero-order chi connectivity index (χ0) is 39.8. The number of carbonyl (C=O) groups excluding carboxylic acids is 4. The molecule has 1 aromatic heterocycles. The van der Waals surface area contributed by atoms with Crippen LogP contribution in [0.15, 0.2) is 66.7 Å². The average Bonchev–Trinajstić information content (AvgIpc) is 3.93. The molecule has 14 nitrogen and oxygen atoms in total. The predicted octanol–water partition coefficient (Wildman–Crippen LogP) is 4.68. The maximum Gasteiger partial charge on any atom is 0.422 e. The van der Waals surface area contributed by atoms with E-state index in [2.05, 4.69) is 41.5 Å². The first kappa shape index (κ1) is 40.1. The van der Waals surface area contributed by atoms with E-state index in [9.17, 15) is 41.1 Å². The van der Waals surface area contributed by atoms with Crippen molar-refractivity contribution in [1.82, 2.24) is 30.9 Å². The molecular formula is C35H32ClF5N8O6. The molecule has 0 unspecified atom stereocenters. The molecule has 290 valence electrons. The van der Waals surface area contributed by atoms with Gasteiger partial charge in [-0.25, -0.2) is 13.6 Å². The molecule has 1 aliphatic carbocycles. The van der Waals surface area contributed by atoms with Crippen molar-refractivity contribution in [3.8, 4) is 6.01 Å². The van der Waals surface area contributed by atoms with Crippen LogP contribution in [0.5, 0.6) is 6.01 Å². The van der Waals surface area contributed by atoms with E-state index in [1.54, 1.807) is 12.1 Å². The van der Waals surface area contributed by atoms with Crippen LogP contribution >= 0.6 is 11.6 Å². The highest BCUT2D eigenvalue weighted by Crippen LogP contribution is 2.48. The zero-order valence-electron chi connectivity index (χ0n) is 28.7. The van der Waals surface area contributed by atoms with Gasteiger partial charge < -0.3 is 36.1 Å². The highest BCUT2D eigenvalue weighted by Gasteiger charge is 2.45. The van der Waals surface area contributed by atoms with Gasteiger partial charge >= 0.3 is 30.0 Å². The van der Waals surface area contributed by atoms with Gasteiger partial charge in [-0.15, -0.1) is 0 Å². The first-order valence-corrected chi connectivity index (χ1v) is 16.8. The van der Waals surface area contributed by atoms with Crippen molar-refractivity contribution < 1.29 is 50.6 Å². The molecule has 55 heavy (non-hydrogen) atoms. The number of anilines is 3. The Hall–Kier alpha value is -6.11. The van der Waals surface area contributed by atoms with E-state index in [-0.39, 0.29) is 42.5 Å². The SMILES string of the molecule is COC(=O)[C@H](CCNC(=O)C(=O)NCc1ccc(F)c(F)c1)NC(=O)c1ccc(Nc2nc(NC3(c4ccc(Cl)cc4)CC3)nc(OCC(F)(F)F)n2)cc1. The standard InChI is InChI=1S/C35H32ClF5N8O6/c1-54-30(53)26(12-15-42-28(51)29(52)43-17-19-2-11-24(37)25(38)16-19)45-27(50)20-3-9-23(10-4-20)44-31-46-32(48-33(47-31)55-18-35(39,40)41)49-34(13-14-34)21-5-7-22(36)8-6-21/h2-11,16,26H,12-15,17-18H2,1H3,(H,42,51)(H,43,52)(H,45,50)(H2,44,46,47,48,49)/t26-/m0/s1. The van der Waals surface area contributed by atoms with Crippen molar-refractivity contribution in [2.45, 2.75) is 43.6 Å². The monoisotopic (exact) mass is 790 g/mol. The number of nitrogens with one attached hydrogen (secondary N) is 5. The summed E-state index contributed by atoms with van der Waals surface area (Å²) in [6, 6.07) is 13.9. The third-order valence-electron chi connectivity index (χ3n) is 8.03. The quantitative estimate of drug-likeness (QED) is 0.0640. The van der Waals surface area contributed by atoms with Gasteiger partial charge in [-0.05, 0) is 78.9 Å². The summed E-state index contributed by atoms with van der Waals surface area (Å²) in [6.45, 7) is -2.13. The second-order valence-corrected chi connectivity index (χ2v) is 12.5. The van der Waals surface area contributed by atoms with Crippen LogP contribution in [0.2, 0.25) is 5.02 Å². The number of carbonyl (C=O) groups is 4. The summed E-state index contributed by atoms with van der Waals surface area (Å²) in [4.78, 5) is 62.1. The van der Waals surface area contributed by atoms with Crippen molar-refractivity contribution in [2.75, 3.05) is 30.9 Å². The number of methoxy groups -OCH3 is 1. The molecule has 3 aromatic carbocycles. The molecule has 0 aliphatic heterocycles. The van der Waals surface area contributed by atoms with Crippen molar-refractivity contribution in [3.05, 3.63) is 100 Å². The molecule has 5 rings (SSSR count). The Bertz CT molecular complexity index is 2040. The van der Waals surface area contributed by atoms with Crippen LogP contribution in [-0.4, -0.2) is 71.1 Å². The summed E-state index contributed by atoms with van der Waals surface area (Å²) in [5, 5.41) is 13.6. The molecular weight excluding hydrogens is 759 g/mol. The fraction of sp³-hybridized carbons (Fsp3) is 0.286. The molecule has 0 bridgehead atoms. The topological polar surface area (TPSA) is 186 Å². The lowest BCUT2D eigenvalue weighted by molar-refractivity contribution is -0.154. The van der Waals surface area contributed by atoms with Gasteiger partial charge in [-0.3, -0.25) is 14.4 Å². The Morgan fingerprint density at radius 2 is 1.55 bits per heavy atom. The summed E-state index contributed by atoms with van der Waals surface area (Å²) in [5.74, 6) is -6.09. The normalized spacial score (nSPS) is 13.5. The number of esters is 1. The van der Waals surface area contributed by atoms with Crippen LogP contribution < -0.4 is 31.3 Å². The molecule has 1 saturated carbocycles. The maximum atomic E-state index is 13.4. The van der Waals surface area contributed by atoms with E-state index >= 15 is 0 Å². The lowest BCUT2D eigenvalue weighted by Gasteiger charge is -2.19. The number of hydrogen-bond acceptors (Lipinski definition) is 11. The second kappa shape index (κ2) is 17.4. The summed E-state index contributed by atoms with van der Waals surface area (Å²) in [7, 11) is 1.09. The molecule has 20 heteroatoms. The molecule has 1 aliphatic rings. The van der Waals surface area contributed by atoms with Gasteiger partial charge in [0.1, 0.15) is 6.04 Å². The summed E-state index contributed by atoms with van der Waals surface area (Å²) >= 11 is 6.02. The van der Waals surface area contributed by atoms with E-state index in [0.717, 1.165) is 24.8 Å². The highest BCUT2D eigenvalue weighted by molar-refractivity contribution is 6.35. The Balaban J connectivity index is 1.18. The summed E-state index contributed by atoms with van der Waals surface area (Å²) in [6.07, 6.45) is -3.44. The largest absolute Gasteiger partial charge is 0.467 e. The molecule has 5 N–H and O–H groups in total. The molecule has 1 fully saturated rings. The number of halogens is 6. The number of hydrogen-bond donors (Lipinski definition) is 5. The number of alkyl halides is 3. The van der Waals surface area contributed by atoms with E-state index in [1.165, 1.54) is 30.3 Å². The fourth-order valence-electron chi connectivity index (χ4n) is 5.06. The van der Waals surface area contributed by atoms with E-state index in [4.69, 9.17) is 21.1 Å². The van der Waals surface area contributed by atoms with Crippen LogP contribution in [0.1, 0.15) is 40.7 Å². The van der Waals surface area contributed by atoms with Crippen molar-refractivity contribution >= 4 is 52.9 Å². The van der Waals surface area contributed by atoms with Crippen LogP contribution in [0.3, 0.4) is 0 Å². The molecule has 4 aromatic rings. The fourth-order valence-corrected chi connectivity index (χ4v) is 5.19. The van der Waals surface area contributed by atoms with E-state index in [0.29, 0.717) is 23.6 Å². The van der Waals surface area contributed by atoms with Crippen LogP contribution in [0.4, 0.5) is 39.5 Å². The number of amides is 3. The minimum atomic E-state index is -4.65. The Labute approximate surface area is 314 Å². The first-order chi connectivity index (χ1) is 26.1. The molecule has 0 saturated heterocycles. The number of rotatable bonds is 15. The van der Waals surface area contributed by atoms with E-state index < -0.39 is 65.7 Å². The summed E-state index contributed by atoms with van der Waals surface area (Å²) < 4.78 is 74.9. The minimum Gasteiger partial charge on any atom is -0.467 e. The lowest BCUT2D eigenvalue weighted by atomic mass is 10.1. The van der Waals surface area contributed by atoms with Crippen LogP contribution in [0.25, 0.3) is 0 Å². The molecule has 0 spiro atoms. The van der Waals surface area contributed by atoms with Crippen molar-refractivity contribution in [3.63, 3.8) is 0 Å². The van der Waals surface area contributed by atoms with Gasteiger partial charge in [0.2, 0.25) is 11.9 Å². The number of ether oxygens (including phenoxy) is 2. The van der Waals surface area contributed by atoms with Crippen molar-refractivity contribution in [1.29, 1.82) is 0 Å². The Morgan fingerprint density at radius 1 is 0.873 bits per heavy atom. The van der Waals surface area contributed by atoms with E-state index in [1.807, 2.05) is 12.1 Å². The number of aromatic nitrogens is 3. The maximum absolute atomic E-state index is 13.4. The van der Waals surface area contributed by atoms with Gasteiger partial charge in [0.05, 0.1) is 12.6 Å². The third-order valence-corrected chi connectivity index (χ3v) is 8.29. The lowest BCUT2D eigenvalue weighted by Crippen LogP contribution is -2.45. The zero-order valence-corrected chi connectivity index (χ0v) is 29.5. The summed E-state index contributed by atoms with van der Waals surface area (Å²) in [5.41, 5.74) is 0.928. The average molecular weight is 791 g/mol. The van der Waals surface area contributed by atoms with Gasteiger partial charge in [0.25, 0.3) is 5.91 Å². The van der Waals surface area contributed by atoms with Gasteiger partial charge in [0, 0.05) is 29.4 Å². The number of nitrogens with zero attached hydrogens (tertiary/aromatic N) is 3. The first-order valence-electron chi connectivity index (χ1n) is 16.4. The predicted molar refractivity (Wildman–Crippen MR) is 186 cm³/mol. The van der Waals surface area contributed by atoms with Crippen molar-refractivity contribution in [2.24, 2.45) is 0 Å². The molecule has 1 heterocycles. The van der Waals surface area contributed by atoms with Gasteiger partial charge in [0.15, 0.2) is 18.2 Å². The van der Waals surface area contributed by atoms with Crippen LogP contribution in [0, 0.1) is 11.6 Å². The second-order valence-electron chi connectivity index (χ2n) is 12.1. The Kier molecular flexibility index (Phi) is 12.6. The molecule has 0 radical (unpaired) electrons. The molecule has 3 amide bonds.